The number of nitrogens with two attached hydrogens (primary N) is 1. The maximum atomic E-state index is 11.5. The predicted octanol–water partition coefficient (Wildman–Crippen LogP) is 1.67. The van der Waals surface area contributed by atoms with Crippen LogP contribution < -0.4 is 11.3 Å². The van der Waals surface area contributed by atoms with E-state index in [0.29, 0.717) is 0 Å². The topological polar surface area (TPSA) is 48.0 Å². The molecule has 1 aromatic rings. The van der Waals surface area contributed by atoms with Gasteiger partial charge in [-0.1, -0.05) is 6.92 Å². The van der Waals surface area contributed by atoms with Crippen LogP contribution in [0.5, 0.6) is 0 Å². The zero-order valence-corrected chi connectivity index (χ0v) is 9.57. The van der Waals surface area contributed by atoms with Gasteiger partial charge in [-0.3, -0.25) is 4.79 Å². The van der Waals surface area contributed by atoms with Gasteiger partial charge in [-0.05, 0) is 37.8 Å². The van der Waals surface area contributed by atoms with E-state index in [9.17, 15) is 4.79 Å². The monoisotopic (exact) mass is 208 g/mol. The summed E-state index contributed by atoms with van der Waals surface area (Å²) in [6.45, 7) is 4.79. The highest BCUT2D eigenvalue weighted by atomic mass is 16.1. The van der Waals surface area contributed by atoms with Crippen molar-refractivity contribution in [2.24, 2.45) is 5.73 Å². The van der Waals surface area contributed by atoms with E-state index in [1.165, 1.54) is 0 Å². The van der Waals surface area contributed by atoms with E-state index in [1.807, 2.05) is 19.2 Å². The van der Waals surface area contributed by atoms with Crippen LogP contribution in [-0.4, -0.2) is 10.6 Å². The van der Waals surface area contributed by atoms with Crippen LogP contribution in [0.25, 0.3) is 0 Å². The molecule has 0 bridgehead atoms. The Hall–Kier alpha value is -1.09. The Labute approximate surface area is 90.9 Å². The van der Waals surface area contributed by atoms with Gasteiger partial charge in [0, 0.05) is 24.8 Å². The average Bonchev–Trinajstić information content (AvgIpc) is 2.21. The first-order chi connectivity index (χ1) is 7.13. The van der Waals surface area contributed by atoms with Crippen molar-refractivity contribution in [2.75, 3.05) is 0 Å². The first-order valence-corrected chi connectivity index (χ1v) is 5.56. The molecule has 3 heteroatoms. The summed E-state index contributed by atoms with van der Waals surface area (Å²) in [5.41, 5.74) is 6.91. The van der Waals surface area contributed by atoms with Crippen LogP contribution in [-0.2, 0) is 6.54 Å². The Balaban J connectivity index is 2.48. The predicted molar refractivity (Wildman–Crippen MR) is 62.9 cm³/mol. The van der Waals surface area contributed by atoms with Crippen molar-refractivity contribution in [1.82, 2.24) is 4.57 Å². The SMILES string of the molecule is CCC(N)CCCn1ccc(C)cc1=O. The molecule has 2 N–H and O–H groups in total. The standard InChI is InChI=1S/C12H20N2O/c1-3-11(13)5-4-7-14-8-6-10(2)9-12(14)15/h6,8-9,11H,3-5,7,13H2,1-2H3. The van der Waals surface area contributed by atoms with Crippen molar-refractivity contribution >= 4 is 0 Å². The lowest BCUT2D eigenvalue weighted by molar-refractivity contribution is 0.518. The summed E-state index contributed by atoms with van der Waals surface area (Å²) >= 11 is 0. The lowest BCUT2D eigenvalue weighted by Gasteiger charge is -2.09. The molecule has 0 radical (unpaired) electrons. The molecule has 3 nitrogen and oxygen atoms in total. The molecular weight excluding hydrogens is 188 g/mol. The fraction of sp³-hybridized carbons (Fsp3) is 0.583. The van der Waals surface area contributed by atoms with Crippen molar-refractivity contribution in [2.45, 2.75) is 45.7 Å². The van der Waals surface area contributed by atoms with Crippen LogP contribution in [0.2, 0.25) is 0 Å². The molecule has 0 saturated heterocycles. The second kappa shape index (κ2) is 5.71. The zero-order valence-electron chi connectivity index (χ0n) is 9.57. The van der Waals surface area contributed by atoms with Gasteiger partial charge in [0.1, 0.15) is 0 Å². The Morgan fingerprint density at radius 2 is 2.27 bits per heavy atom. The van der Waals surface area contributed by atoms with Crippen LogP contribution in [0.15, 0.2) is 23.1 Å². The highest BCUT2D eigenvalue weighted by molar-refractivity contribution is 5.07. The largest absolute Gasteiger partial charge is 0.328 e. The second-order valence-electron chi connectivity index (χ2n) is 4.05. The van der Waals surface area contributed by atoms with E-state index in [1.54, 1.807) is 10.6 Å². The summed E-state index contributed by atoms with van der Waals surface area (Å²) in [6, 6.07) is 3.90. The molecule has 0 aromatic carbocycles. The third kappa shape index (κ3) is 3.88. The summed E-state index contributed by atoms with van der Waals surface area (Å²) in [5.74, 6) is 0. The Bertz CT molecular complexity index is 357. The van der Waals surface area contributed by atoms with Crippen LogP contribution in [0, 0.1) is 6.92 Å². The van der Waals surface area contributed by atoms with Crippen molar-refractivity contribution in [1.29, 1.82) is 0 Å². The van der Waals surface area contributed by atoms with E-state index in [0.717, 1.165) is 31.4 Å². The highest BCUT2D eigenvalue weighted by Gasteiger charge is 2.00. The van der Waals surface area contributed by atoms with Crippen LogP contribution in [0.3, 0.4) is 0 Å². The van der Waals surface area contributed by atoms with Crippen molar-refractivity contribution in [3.8, 4) is 0 Å². The zero-order chi connectivity index (χ0) is 11.3. The first kappa shape index (κ1) is 12.0. The van der Waals surface area contributed by atoms with E-state index in [4.69, 9.17) is 5.73 Å². The molecule has 1 heterocycles. The number of hydrogen-bond acceptors (Lipinski definition) is 2. The number of hydrogen-bond donors (Lipinski definition) is 1. The molecule has 84 valence electrons. The molecular formula is C12H20N2O. The minimum atomic E-state index is 0.0834. The molecule has 0 fully saturated rings. The van der Waals surface area contributed by atoms with Crippen LogP contribution in [0.4, 0.5) is 0 Å². The van der Waals surface area contributed by atoms with Crippen molar-refractivity contribution < 1.29 is 0 Å². The van der Waals surface area contributed by atoms with Gasteiger partial charge >= 0.3 is 0 Å². The molecule has 0 aliphatic heterocycles. The first-order valence-electron chi connectivity index (χ1n) is 5.56. The van der Waals surface area contributed by atoms with Gasteiger partial charge in [-0.25, -0.2) is 0 Å². The molecule has 15 heavy (non-hydrogen) atoms. The third-order valence-electron chi connectivity index (χ3n) is 2.65. The fourth-order valence-electron chi connectivity index (χ4n) is 1.52. The van der Waals surface area contributed by atoms with Gasteiger partial charge in [0.05, 0.1) is 0 Å². The average molecular weight is 208 g/mol. The normalized spacial score (nSPS) is 12.7. The third-order valence-corrected chi connectivity index (χ3v) is 2.65. The summed E-state index contributed by atoms with van der Waals surface area (Å²) < 4.78 is 1.75. The molecule has 1 atom stereocenters. The van der Waals surface area contributed by atoms with E-state index in [2.05, 4.69) is 6.92 Å². The molecule has 1 aromatic heterocycles. The number of aryl methyl sites for hydroxylation is 2. The number of pyridine rings is 1. The summed E-state index contributed by atoms with van der Waals surface area (Å²) in [4.78, 5) is 11.5. The van der Waals surface area contributed by atoms with Crippen LogP contribution in [0.1, 0.15) is 31.7 Å². The smallest absolute Gasteiger partial charge is 0.250 e. The minimum absolute atomic E-state index is 0.0834. The number of nitrogens with zero attached hydrogens (tertiary/aromatic N) is 1. The Kier molecular flexibility index (Phi) is 4.56. The van der Waals surface area contributed by atoms with Gasteiger partial charge < -0.3 is 10.3 Å². The van der Waals surface area contributed by atoms with Gasteiger partial charge in [0.25, 0.3) is 5.56 Å². The fourth-order valence-corrected chi connectivity index (χ4v) is 1.52. The molecule has 1 rings (SSSR count). The molecule has 0 spiro atoms. The van der Waals surface area contributed by atoms with E-state index in [-0.39, 0.29) is 11.6 Å². The van der Waals surface area contributed by atoms with Gasteiger partial charge in [0.2, 0.25) is 0 Å². The molecule has 0 amide bonds. The van der Waals surface area contributed by atoms with Gasteiger partial charge in [0.15, 0.2) is 0 Å². The summed E-state index contributed by atoms with van der Waals surface area (Å²) in [6.07, 6.45) is 4.81. The van der Waals surface area contributed by atoms with Gasteiger partial charge in [-0.15, -0.1) is 0 Å². The molecule has 1 unspecified atom stereocenters. The minimum Gasteiger partial charge on any atom is -0.328 e. The van der Waals surface area contributed by atoms with Crippen LogP contribution >= 0.6 is 0 Å². The molecule has 0 saturated carbocycles. The van der Waals surface area contributed by atoms with Crippen molar-refractivity contribution in [3.63, 3.8) is 0 Å². The quantitative estimate of drug-likeness (QED) is 0.800. The Morgan fingerprint density at radius 1 is 1.53 bits per heavy atom. The lowest BCUT2D eigenvalue weighted by Crippen LogP contribution is -2.22. The number of aromatic nitrogens is 1. The molecule has 0 aliphatic rings. The maximum absolute atomic E-state index is 11.5. The summed E-state index contributed by atoms with van der Waals surface area (Å²) in [7, 11) is 0. The summed E-state index contributed by atoms with van der Waals surface area (Å²) in [5, 5.41) is 0. The second-order valence-corrected chi connectivity index (χ2v) is 4.05. The van der Waals surface area contributed by atoms with E-state index < -0.39 is 0 Å². The van der Waals surface area contributed by atoms with Gasteiger partial charge in [-0.2, -0.15) is 0 Å². The van der Waals surface area contributed by atoms with Crippen molar-refractivity contribution in [3.05, 3.63) is 34.2 Å². The number of rotatable bonds is 5. The highest BCUT2D eigenvalue weighted by Crippen LogP contribution is 2.00. The van der Waals surface area contributed by atoms with E-state index >= 15 is 0 Å². The maximum Gasteiger partial charge on any atom is 0.250 e. The lowest BCUT2D eigenvalue weighted by atomic mass is 10.1. The Morgan fingerprint density at radius 3 is 2.87 bits per heavy atom. The molecule has 0 aliphatic carbocycles.